The van der Waals surface area contributed by atoms with E-state index in [4.69, 9.17) is 0 Å². The van der Waals surface area contributed by atoms with E-state index in [9.17, 15) is 0 Å². The molecule has 0 aromatic rings. The number of hydrogen-bond donors (Lipinski definition) is 0. The van der Waals surface area contributed by atoms with Crippen molar-refractivity contribution in [2.24, 2.45) is 0 Å². The van der Waals surface area contributed by atoms with Crippen LogP contribution in [0.25, 0.3) is 0 Å². The lowest BCUT2D eigenvalue weighted by Gasteiger charge is -2.02. The highest BCUT2D eigenvalue weighted by Crippen LogP contribution is 2.12. The molecule has 0 aromatic carbocycles. The third-order valence-corrected chi connectivity index (χ3v) is 3.60. The van der Waals surface area contributed by atoms with Crippen molar-refractivity contribution in [3.05, 3.63) is 6.42 Å². The van der Waals surface area contributed by atoms with Gasteiger partial charge in [-0.3, -0.25) is 0 Å². The highest BCUT2D eigenvalue weighted by atomic mass is 14.0. The minimum absolute atomic E-state index is 1.32. The molecule has 0 heterocycles. The Kier molecular flexibility index (Phi) is 16.0. The zero-order valence-electron chi connectivity index (χ0n) is 12.5. The Bertz CT molecular complexity index is 103. The minimum atomic E-state index is 1.32. The van der Waals surface area contributed by atoms with Crippen LogP contribution in [-0.4, -0.2) is 0 Å². The standard InChI is InChI=1S/C17H35/c1-3-5-7-9-11-13-15-17-16-14-12-10-8-6-4-2/h3H,4-17H2,1-2H3. The Hall–Kier alpha value is 0. The fourth-order valence-corrected chi connectivity index (χ4v) is 2.37. The Balaban J connectivity index is 2.85. The van der Waals surface area contributed by atoms with Crippen molar-refractivity contribution in [3.8, 4) is 0 Å². The molecule has 0 unspecified atom stereocenters. The Labute approximate surface area is 111 Å². The van der Waals surface area contributed by atoms with Crippen molar-refractivity contribution < 1.29 is 0 Å². The van der Waals surface area contributed by atoms with E-state index in [1.807, 2.05) is 0 Å². The molecule has 0 saturated carbocycles. The van der Waals surface area contributed by atoms with Gasteiger partial charge in [-0.05, 0) is 6.42 Å². The summed E-state index contributed by atoms with van der Waals surface area (Å²) in [7, 11) is 0. The molecule has 0 atom stereocenters. The fraction of sp³-hybridized carbons (Fsp3) is 0.941. The lowest BCUT2D eigenvalue weighted by Crippen LogP contribution is -1.83. The molecule has 17 heavy (non-hydrogen) atoms. The van der Waals surface area contributed by atoms with E-state index in [0.717, 1.165) is 0 Å². The summed E-state index contributed by atoms with van der Waals surface area (Å²) >= 11 is 0. The van der Waals surface area contributed by atoms with Gasteiger partial charge in [0.05, 0.1) is 0 Å². The molecule has 0 rings (SSSR count). The quantitative estimate of drug-likeness (QED) is 0.296. The summed E-state index contributed by atoms with van der Waals surface area (Å²) in [6.07, 6.45) is 22.5. The van der Waals surface area contributed by atoms with Crippen LogP contribution in [0.3, 0.4) is 0 Å². The Morgan fingerprint density at radius 3 is 1.24 bits per heavy atom. The van der Waals surface area contributed by atoms with E-state index in [1.165, 1.54) is 89.9 Å². The van der Waals surface area contributed by atoms with Gasteiger partial charge in [0.15, 0.2) is 0 Å². The van der Waals surface area contributed by atoms with Gasteiger partial charge >= 0.3 is 0 Å². The molecule has 0 aliphatic carbocycles. The topological polar surface area (TPSA) is 0 Å². The SMILES string of the molecule is C[CH]CCCCCCCCCCCCCCC. The second kappa shape index (κ2) is 16.0. The molecule has 0 saturated heterocycles. The Morgan fingerprint density at radius 1 is 0.529 bits per heavy atom. The van der Waals surface area contributed by atoms with Gasteiger partial charge < -0.3 is 0 Å². The molecular formula is C17H35. The van der Waals surface area contributed by atoms with Crippen molar-refractivity contribution in [1.29, 1.82) is 0 Å². The maximum absolute atomic E-state index is 2.29. The van der Waals surface area contributed by atoms with E-state index in [-0.39, 0.29) is 0 Å². The van der Waals surface area contributed by atoms with Crippen LogP contribution in [0, 0.1) is 6.42 Å². The molecule has 0 aromatic heterocycles. The summed E-state index contributed by atoms with van der Waals surface area (Å²) in [5, 5.41) is 0. The van der Waals surface area contributed by atoms with E-state index in [0.29, 0.717) is 0 Å². The zero-order valence-corrected chi connectivity index (χ0v) is 12.5. The molecule has 0 aliphatic rings. The minimum Gasteiger partial charge on any atom is -0.0654 e. The summed E-state index contributed by atoms with van der Waals surface area (Å²) < 4.78 is 0. The first-order valence-electron chi connectivity index (χ1n) is 8.19. The van der Waals surface area contributed by atoms with Crippen molar-refractivity contribution in [2.75, 3.05) is 0 Å². The van der Waals surface area contributed by atoms with Gasteiger partial charge in [0, 0.05) is 0 Å². The van der Waals surface area contributed by atoms with Crippen LogP contribution in [0.4, 0.5) is 0 Å². The van der Waals surface area contributed by atoms with Gasteiger partial charge in [0.25, 0.3) is 0 Å². The third-order valence-electron chi connectivity index (χ3n) is 3.60. The molecule has 0 aliphatic heterocycles. The lowest BCUT2D eigenvalue weighted by atomic mass is 10.0. The second-order valence-electron chi connectivity index (χ2n) is 5.44. The van der Waals surface area contributed by atoms with Crippen LogP contribution in [0.1, 0.15) is 104 Å². The molecule has 0 bridgehead atoms. The second-order valence-corrected chi connectivity index (χ2v) is 5.44. The molecule has 0 spiro atoms. The van der Waals surface area contributed by atoms with Crippen molar-refractivity contribution in [1.82, 2.24) is 0 Å². The van der Waals surface area contributed by atoms with Gasteiger partial charge in [0.1, 0.15) is 0 Å². The van der Waals surface area contributed by atoms with Gasteiger partial charge in [-0.15, -0.1) is 0 Å². The third kappa shape index (κ3) is 16.0. The summed E-state index contributed by atoms with van der Waals surface area (Å²) in [5.74, 6) is 0. The average molecular weight is 239 g/mol. The first kappa shape index (κ1) is 17.0. The van der Waals surface area contributed by atoms with E-state index in [2.05, 4.69) is 20.3 Å². The van der Waals surface area contributed by atoms with Crippen molar-refractivity contribution in [3.63, 3.8) is 0 Å². The molecule has 0 amide bonds. The van der Waals surface area contributed by atoms with E-state index < -0.39 is 0 Å². The predicted octanol–water partition coefficient (Wildman–Crippen LogP) is 6.69. The summed E-state index contributed by atoms with van der Waals surface area (Å²) in [5.41, 5.74) is 0. The van der Waals surface area contributed by atoms with Crippen molar-refractivity contribution in [2.45, 2.75) is 104 Å². The van der Waals surface area contributed by atoms with Crippen molar-refractivity contribution >= 4 is 0 Å². The molecular weight excluding hydrogens is 204 g/mol. The normalized spacial score (nSPS) is 10.9. The first-order valence-corrected chi connectivity index (χ1v) is 8.19. The first-order chi connectivity index (χ1) is 8.41. The molecule has 0 nitrogen and oxygen atoms in total. The number of unbranched alkanes of at least 4 members (excludes halogenated alkanes) is 14. The van der Waals surface area contributed by atoms with Gasteiger partial charge in [-0.2, -0.15) is 0 Å². The predicted molar refractivity (Wildman–Crippen MR) is 80.3 cm³/mol. The highest BCUT2D eigenvalue weighted by Gasteiger charge is 1.93. The van der Waals surface area contributed by atoms with Crippen LogP contribution < -0.4 is 0 Å². The van der Waals surface area contributed by atoms with Crippen LogP contribution in [-0.2, 0) is 0 Å². The summed E-state index contributed by atoms with van der Waals surface area (Å²) in [6, 6.07) is 0. The van der Waals surface area contributed by atoms with Crippen LogP contribution in [0.2, 0.25) is 0 Å². The molecule has 103 valence electrons. The molecule has 0 heteroatoms. The van der Waals surface area contributed by atoms with Crippen LogP contribution >= 0.6 is 0 Å². The van der Waals surface area contributed by atoms with E-state index >= 15 is 0 Å². The Morgan fingerprint density at radius 2 is 0.882 bits per heavy atom. The molecule has 0 N–H and O–H groups in total. The number of hydrogen-bond acceptors (Lipinski definition) is 0. The zero-order chi connectivity index (χ0) is 12.6. The maximum atomic E-state index is 2.29. The monoisotopic (exact) mass is 239 g/mol. The molecule has 0 fully saturated rings. The fourth-order valence-electron chi connectivity index (χ4n) is 2.37. The van der Waals surface area contributed by atoms with Gasteiger partial charge in [-0.25, -0.2) is 0 Å². The maximum Gasteiger partial charge on any atom is -0.0417 e. The van der Waals surface area contributed by atoms with Crippen LogP contribution in [0.5, 0.6) is 0 Å². The van der Waals surface area contributed by atoms with E-state index in [1.54, 1.807) is 0 Å². The summed E-state index contributed by atoms with van der Waals surface area (Å²) in [6.45, 7) is 4.46. The largest absolute Gasteiger partial charge is 0.0654 e. The van der Waals surface area contributed by atoms with Crippen LogP contribution in [0.15, 0.2) is 0 Å². The smallest absolute Gasteiger partial charge is 0.0417 e. The average Bonchev–Trinajstić information content (AvgIpc) is 2.35. The lowest BCUT2D eigenvalue weighted by molar-refractivity contribution is 0.539. The number of rotatable bonds is 14. The van der Waals surface area contributed by atoms with Gasteiger partial charge in [-0.1, -0.05) is 104 Å². The molecule has 1 radical (unpaired) electrons. The van der Waals surface area contributed by atoms with Gasteiger partial charge in [0.2, 0.25) is 0 Å². The highest BCUT2D eigenvalue weighted by molar-refractivity contribution is 4.55. The summed E-state index contributed by atoms with van der Waals surface area (Å²) in [4.78, 5) is 0.